The van der Waals surface area contributed by atoms with E-state index in [0.29, 0.717) is 11.1 Å². The van der Waals surface area contributed by atoms with Gasteiger partial charge in [0.05, 0.1) is 5.92 Å². The summed E-state index contributed by atoms with van der Waals surface area (Å²) in [6.07, 6.45) is -3.93. The van der Waals surface area contributed by atoms with E-state index in [1.54, 1.807) is 33.8 Å². The van der Waals surface area contributed by atoms with Gasteiger partial charge < -0.3 is 28.8 Å². The zero-order valence-electron chi connectivity index (χ0n) is 19.9. The van der Waals surface area contributed by atoms with Crippen LogP contribution in [0.4, 0.5) is 0 Å². The van der Waals surface area contributed by atoms with Crippen LogP contribution in [0.2, 0.25) is 0 Å². The number of hydrogen-bond acceptors (Lipinski definition) is 10. The topological polar surface area (TPSA) is 138 Å². The number of allylic oxidation sites excluding steroid dienone is 1. The molecular formula is C24H28O10. The highest BCUT2D eigenvalue weighted by Gasteiger charge is 2.83. The van der Waals surface area contributed by atoms with E-state index in [2.05, 4.69) is 6.58 Å². The van der Waals surface area contributed by atoms with Gasteiger partial charge in [-0.15, -0.1) is 0 Å². The molecule has 4 aliphatic rings. The largest absolute Gasteiger partial charge is 0.457 e. The fourth-order valence-corrected chi connectivity index (χ4v) is 5.48. The Morgan fingerprint density at radius 1 is 1.06 bits per heavy atom. The molecule has 0 radical (unpaired) electrons. The predicted octanol–water partition coefficient (Wildman–Crippen LogP) is 1.06. The van der Waals surface area contributed by atoms with Crippen molar-refractivity contribution < 1.29 is 48.0 Å². The summed E-state index contributed by atoms with van der Waals surface area (Å²) in [6.45, 7) is 12.6. The molecule has 0 unspecified atom stereocenters. The molecule has 10 heteroatoms. The van der Waals surface area contributed by atoms with Gasteiger partial charge in [-0.3, -0.25) is 9.59 Å². The molecule has 0 spiro atoms. The quantitative estimate of drug-likeness (QED) is 0.206. The molecule has 34 heavy (non-hydrogen) atoms. The Balaban J connectivity index is 1.96. The van der Waals surface area contributed by atoms with Crippen LogP contribution < -0.4 is 0 Å². The van der Waals surface area contributed by atoms with Gasteiger partial charge in [0.25, 0.3) is 0 Å². The van der Waals surface area contributed by atoms with E-state index in [0.717, 1.165) is 0 Å². The number of epoxide rings is 1. The van der Waals surface area contributed by atoms with Gasteiger partial charge in [-0.2, -0.15) is 0 Å². The van der Waals surface area contributed by atoms with Gasteiger partial charge in [0.1, 0.15) is 17.8 Å². The van der Waals surface area contributed by atoms with Crippen LogP contribution in [0, 0.1) is 5.92 Å². The minimum atomic E-state index is -1.96. The van der Waals surface area contributed by atoms with Gasteiger partial charge in [-0.1, -0.05) is 12.7 Å². The van der Waals surface area contributed by atoms with Gasteiger partial charge in [-0.25, -0.2) is 9.59 Å². The molecule has 184 valence electrons. The van der Waals surface area contributed by atoms with Crippen LogP contribution in [-0.4, -0.2) is 70.7 Å². The highest BCUT2D eigenvalue weighted by molar-refractivity contribution is 5.92. The highest BCUT2D eigenvalue weighted by atomic mass is 16.7. The van der Waals surface area contributed by atoms with E-state index in [1.165, 1.54) is 13.8 Å². The predicted molar refractivity (Wildman–Crippen MR) is 114 cm³/mol. The lowest BCUT2D eigenvalue weighted by atomic mass is 9.76. The Morgan fingerprint density at radius 3 is 2.24 bits per heavy atom. The van der Waals surface area contributed by atoms with E-state index >= 15 is 0 Å². The Bertz CT molecular complexity index is 1070. The lowest BCUT2D eigenvalue weighted by Crippen LogP contribution is -2.56. The first kappa shape index (κ1) is 24.2. The van der Waals surface area contributed by atoms with Gasteiger partial charge in [0.2, 0.25) is 0 Å². The van der Waals surface area contributed by atoms with Crippen LogP contribution in [-0.2, 0) is 42.9 Å². The summed E-state index contributed by atoms with van der Waals surface area (Å²) in [5.74, 6) is -3.84. The lowest BCUT2D eigenvalue weighted by Gasteiger charge is -2.38. The molecule has 8 atom stereocenters. The van der Waals surface area contributed by atoms with Crippen molar-refractivity contribution in [3.05, 3.63) is 34.9 Å². The summed E-state index contributed by atoms with van der Waals surface area (Å²) in [5, 5.41) is 12.2. The van der Waals surface area contributed by atoms with Gasteiger partial charge in [-0.05, 0) is 33.3 Å². The first-order chi connectivity index (χ1) is 15.8. The van der Waals surface area contributed by atoms with Crippen molar-refractivity contribution in [3.63, 3.8) is 0 Å². The van der Waals surface area contributed by atoms with Crippen LogP contribution in [0.5, 0.6) is 0 Å². The van der Waals surface area contributed by atoms with Crippen LogP contribution in [0.1, 0.15) is 41.5 Å². The molecule has 2 heterocycles. The minimum absolute atomic E-state index is 0.0423. The fourth-order valence-electron chi connectivity index (χ4n) is 5.48. The summed E-state index contributed by atoms with van der Waals surface area (Å²) in [5.41, 5.74) is -2.46. The Labute approximate surface area is 196 Å². The zero-order chi connectivity index (χ0) is 25.3. The third kappa shape index (κ3) is 3.15. The number of rotatable bonds is 4. The van der Waals surface area contributed by atoms with E-state index in [-0.39, 0.29) is 11.1 Å². The number of fused-ring (bicyclic) bond motifs is 5. The molecule has 0 bridgehead atoms. The van der Waals surface area contributed by atoms with Crippen molar-refractivity contribution in [3.8, 4) is 0 Å². The Morgan fingerprint density at radius 2 is 1.68 bits per heavy atom. The zero-order valence-corrected chi connectivity index (χ0v) is 19.9. The summed E-state index contributed by atoms with van der Waals surface area (Å²) in [6, 6.07) is 0. The van der Waals surface area contributed by atoms with E-state index < -0.39 is 71.5 Å². The molecule has 0 aromatic carbocycles. The number of aliphatic hydroxyl groups is 1. The summed E-state index contributed by atoms with van der Waals surface area (Å²) in [4.78, 5) is 49.4. The molecule has 0 amide bonds. The summed E-state index contributed by atoms with van der Waals surface area (Å²) < 4.78 is 28.3. The van der Waals surface area contributed by atoms with Crippen LogP contribution in [0.3, 0.4) is 0 Å². The Hall–Kier alpha value is -2.98. The van der Waals surface area contributed by atoms with Gasteiger partial charge in [0, 0.05) is 30.6 Å². The van der Waals surface area contributed by atoms with Crippen molar-refractivity contribution >= 4 is 23.9 Å². The Kier molecular flexibility index (Phi) is 5.52. The van der Waals surface area contributed by atoms with Crippen molar-refractivity contribution in [2.24, 2.45) is 5.92 Å². The van der Waals surface area contributed by atoms with Crippen molar-refractivity contribution in [2.75, 3.05) is 0 Å². The third-order valence-corrected chi connectivity index (χ3v) is 7.31. The van der Waals surface area contributed by atoms with Crippen LogP contribution in [0.15, 0.2) is 34.9 Å². The van der Waals surface area contributed by atoms with Crippen LogP contribution in [0.25, 0.3) is 0 Å². The highest BCUT2D eigenvalue weighted by Crippen LogP contribution is 2.65. The van der Waals surface area contributed by atoms with E-state index in [4.69, 9.17) is 23.7 Å². The maximum atomic E-state index is 12.8. The number of carbonyl (C=O) groups excluding carboxylic acids is 4. The number of ether oxygens (including phenoxy) is 5. The minimum Gasteiger partial charge on any atom is -0.457 e. The first-order valence-electron chi connectivity index (χ1n) is 11.0. The third-order valence-electron chi connectivity index (χ3n) is 7.31. The second-order valence-electron chi connectivity index (χ2n) is 9.29. The molecule has 2 aliphatic heterocycles. The van der Waals surface area contributed by atoms with Gasteiger partial charge in [0.15, 0.2) is 23.9 Å². The van der Waals surface area contributed by atoms with Crippen molar-refractivity contribution in [1.82, 2.24) is 0 Å². The average Bonchev–Trinajstić information content (AvgIpc) is 3.33. The molecule has 2 saturated heterocycles. The molecule has 4 rings (SSSR count). The van der Waals surface area contributed by atoms with Crippen molar-refractivity contribution in [1.29, 1.82) is 0 Å². The summed E-state index contributed by atoms with van der Waals surface area (Å²) in [7, 11) is 0. The first-order valence-corrected chi connectivity index (χ1v) is 11.0. The maximum absolute atomic E-state index is 12.8. The monoisotopic (exact) mass is 476 g/mol. The SMILES string of the molecule is C=C1C(=O)O[C@H]2[C@H]1[C@@H](OC(C)=O)[C@H](OC(=O)/C(C)=C\C)C(C)=C1[C@H](OC(C)=O)[C@H]3O[C@@]3(C)[C@@]12O. The van der Waals surface area contributed by atoms with Crippen LogP contribution >= 0.6 is 0 Å². The number of carbonyl (C=O) groups is 4. The lowest BCUT2D eigenvalue weighted by molar-refractivity contribution is -0.174. The normalized spacial score (nSPS) is 40.5. The number of esters is 4. The molecule has 2 aliphatic carbocycles. The van der Waals surface area contributed by atoms with E-state index in [9.17, 15) is 24.3 Å². The summed E-state index contributed by atoms with van der Waals surface area (Å²) >= 11 is 0. The fraction of sp³-hybridized carbons (Fsp3) is 0.583. The molecular weight excluding hydrogens is 448 g/mol. The molecule has 1 saturated carbocycles. The molecule has 3 fully saturated rings. The number of hydrogen-bond donors (Lipinski definition) is 1. The molecule has 10 nitrogen and oxygen atoms in total. The van der Waals surface area contributed by atoms with E-state index in [1.807, 2.05) is 0 Å². The second-order valence-corrected chi connectivity index (χ2v) is 9.29. The maximum Gasteiger partial charge on any atom is 0.334 e. The second kappa shape index (κ2) is 7.78. The average molecular weight is 476 g/mol. The smallest absolute Gasteiger partial charge is 0.334 e. The standard InChI is InChI=1S/C24H28O10/c1-8-9(2)21(27)32-16-11(4)15-18(31-13(6)26)20-23(7,34-20)24(15,29)19-14(10(3)22(28)33-19)17(16)30-12(5)25/h8,14,16-20,29H,3H2,1-2,4-7H3/b9-8-/t14-,16-,17-,18+,19+,20-,23-,24-/m1/s1. The molecule has 0 aromatic heterocycles. The molecule has 0 aromatic rings. The van der Waals surface area contributed by atoms with Gasteiger partial charge >= 0.3 is 23.9 Å². The molecule has 1 N–H and O–H groups in total. The van der Waals surface area contributed by atoms with Crippen molar-refractivity contribution in [2.45, 2.75) is 83.3 Å².